The molecule has 1 aromatic rings. The molecular formula is C18H30O. The van der Waals surface area contributed by atoms with E-state index in [1.54, 1.807) is 12.1 Å². The lowest BCUT2D eigenvalue weighted by atomic mass is 9.54. The van der Waals surface area contributed by atoms with Crippen LogP contribution in [0.15, 0.2) is 24.3 Å². The topological polar surface area (TPSA) is 20.2 Å². The Hall–Kier alpha value is -0.980. The smallest absolute Gasteiger partial charge is 0.115 e. The minimum Gasteiger partial charge on any atom is -0.508 e. The van der Waals surface area contributed by atoms with Gasteiger partial charge in [0.1, 0.15) is 5.75 Å². The molecule has 1 nitrogen and oxygen atoms in total. The predicted molar refractivity (Wildman–Crippen MR) is 83.5 cm³/mol. The first-order valence-electron chi connectivity index (χ1n) is 7.16. The SMILES string of the molecule is CC(C)(C)C(c1ccc(O)cc1)C(C)(C)C(C)(C)C. The molecular weight excluding hydrogens is 232 g/mol. The van der Waals surface area contributed by atoms with Crippen molar-refractivity contribution in [1.29, 1.82) is 0 Å². The molecule has 0 aliphatic carbocycles. The van der Waals surface area contributed by atoms with Crippen LogP contribution < -0.4 is 0 Å². The summed E-state index contributed by atoms with van der Waals surface area (Å²) in [6, 6.07) is 7.73. The minimum atomic E-state index is 0.155. The Bertz CT molecular complexity index is 412. The van der Waals surface area contributed by atoms with Crippen LogP contribution in [0.25, 0.3) is 0 Å². The molecule has 0 aliphatic heterocycles. The fourth-order valence-corrected chi connectivity index (χ4v) is 3.10. The third-order valence-electron chi connectivity index (χ3n) is 4.75. The largest absolute Gasteiger partial charge is 0.508 e. The fourth-order valence-electron chi connectivity index (χ4n) is 3.10. The summed E-state index contributed by atoms with van der Waals surface area (Å²) in [7, 11) is 0. The number of hydrogen-bond donors (Lipinski definition) is 1. The van der Waals surface area contributed by atoms with Gasteiger partial charge in [-0.2, -0.15) is 0 Å². The second-order valence-corrected chi connectivity index (χ2v) is 8.36. The van der Waals surface area contributed by atoms with Crippen LogP contribution in [0.1, 0.15) is 66.9 Å². The first-order chi connectivity index (χ1) is 8.37. The molecule has 0 amide bonds. The van der Waals surface area contributed by atoms with E-state index in [0.29, 0.717) is 11.7 Å². The van der Waals surface area contributed by atoms with E-state index in [4.69, 9.17) is 0 Å². The van der Waals surface area contributed by atoms with Gasteiger partial charge in [-0.1, -0.05) is 67.5 Å². The highest BCUT2D eigenvalue weighted by molar-refractivity contribution is 5.31. The number of phenolic OH excluding ortho intramolecular Hbond substituents is 1. The zero-order valence-corrected chi connectivity index (χ0v) is 13.8. The van der Waals surface area contributed by atoms with Crippen LogP contribution in [0.2, 0.25) is 0 Å². The van der Waals surface area contributed by atoms with Crippen LogP contribution in [0.4, 0.5) is 0 Å². The second kappa shape index (κ2) is 4.85. The van der Waals surface area contributed by atoms with Crippen molar-refractivity contribution in [2.45, 2.75) is 61.3 Å². The van der Waals surface area contributed by atoms with E-state index in [1.807, 2.05) is 0 Å². The molecule has 1 atom stereocenters. The average molecular weight is 262 g/mol. The summed E-state index contributed by atoms with van der Waals surface area (Å²) in [6.07, 6.45) is 0. The van der Waals surface area contributed by atoms with E-state index in [1.165, 1.54) is 5.56 Å². The molecule has 1 N–H and O–H groups in total. The van der Waals surface area contributed by atoms with Crippen molar-refractivity contribution in [2.24, 2.45) is 16.2 Å². The normalized spacial score (nSPS) is 15.4. The Morgan fingerprint density at radius 3 is 1.53 bits per heavy atom. The van der Waals surface area contributed by atoms with Gasteiger partial charge in [0, 0.05) is 0 Å². The van der Waals surface area contributed by atoms with Crippen LogP contribution in [0.3, 0.4) is 0 Å². The van der Waals surface area contributed by atoms with Gasteiger partial charge in [-0.25, -0.2) is 0 Å². The van der Waals surface area contributed by atoms with E-state index in [2.05, 4.69) is 67.5 Å². The number of phenols is 1. The molecule has 0 aromatic heterocycles. The molecule has 0 bridgehead atoms. The standard InChI is InChI=1S/C18H30O/c1-16(2,3)15(18(7,8)17(4,5)6)13-9-11-14(19)12-10-13/h9-12,15,19H,1-8H3. The third kappa shape index (κ3) is 3.32. The molecule has 0 aliphatic rings. The minimum absolute atomic E-state index is 0.155. The lowest BCUT2D eigenvalue weighted by molar-refractivity contribution is 0.0402. The molecule has 19 heavy (non-hydrogen) atoms. The van der Waals surface area contributed by atoms with Crippen molar-refractivity contribution in [3.05, 3.63) is 29.8 Å². The Kier molecular flexibility index (Phi) is 4.10. The Labute approximate surface area is 119 Å². The van der Waals surface area contributed by atoms with Gasteiger partial charge < -0.3 is 5.11 Å². The Morgan fingerprint density at radius 2 is 1.21 bits per heavy atom. The molecule has 1 rings (SSSR count). The molecule has 1 heteroatoms. The fraction of sp³-hybridized carbons (Fsp3) is 0.667. The zero-order valence-electron chi connectivity index (χ0n) is 13.8. The average Bonchev–Trinajstić information content (AvgIpc) is 2.17. The molecule has 0 saturated carbocycles. The van der Waals surface area contributed by atoms with Gasteiger partial charge in [0.05, 0.1) is 0 Å². The van der Waals surface area contributed by atoms with Gasteiger partial charge in [0.2, 0.25) is 0 Å². The van der Waals surface area contributed by atoms with E-state index in [0.717, 1.165) is 0 Å². The monoisotopic (exact) mass is 262 g/mol. The Balaban J connectivity index is 3.36. The van der Waals surface area contributed by atoms with Crippen LogP contribution in [0.5, 0.6) is 5.75 Å². The zero-order chi connectivity index (χ0) is 15.1. The van der Waals surface area contributed by atoms with Gasteiger partial charge in [-0.15, -0.1) is 0 Å². The molecule has 108 valence electrons. The van der Waals surface area contributed by atoms with Crippen molar-refractivity contribution in [1.82, 2.24) is 0 Å². The molecule has 1 unspecified atom stereocenters. The van der Waals surface area contributed by atoms with Gasteiger partial charge in [0.15, 0.2) is 0 Å². The predicted octanol–water partition coefficient (Wildman–Crippen LogP) is 5.59. The summed E-state index contributed by atoms with van der Waals surface area (Å²) < 4.78 is 0. The highest BCUT2D eigenvalue weighted by Crippen LogP contribution is 2.55. The maximum Gasteiger partial charge on any atom is 0.115 e. The summed E-state index contributed by atoms with van der Waals surface area (Å²) in [4.78, 5) is 0. The number of hydrogen-bond acceptors (Lipinski definition) is 1. The highest BCUT2D eigenvalue weighted by Gasteiger charge is 2.45. The van der Waals surface area contributed by atoms with Gasteiger partial charge in [0.25, 0.3) is 0 Å². The van der Waals surface area contributed by atoms with E-state index < -0.39 is 0 Å². The maximum atomic E-state index is 9.50. The molecule has 0 spiro atoms. The summed E-state index contributed by atoms with van der Waals surface area (Å²) >= 11 is 0. The third-order valence-corrected chi connectivity index (χ3v) is 4.75. The maximum absolute atomic E-state index is 9.50. The second-order valence-electron chi connectivity index (χ2n) is 8.36. The first-order valence-corrected chi connectivity index (χ1v) is 7.16. The van der Waals surface area contributed by atoms with E-state index >= 15 is 0 Å². The van der Waals surface area contributed by atoms with Crippen molar-refractivity contribution in [3.8, 4) is 5.75 Å². The molecule has 0 saturated heterocycles. The summed E-state index contributed by atoms with van der Waals surface area (Å²) in [5, 5.41) is 9.50. The molecule has 0 radical (unpaired) electrons. The molecule has 1 aromatic carbocycles. The van der Waals surface area contributed by atoms with E-state index in [9.17, 15) is 5.11 Å². The van der Waals surface area contributed by atoms with Crippen molar-refractivity contribution >= 4 is 0 Å². The van der Waals surface area contributed by atoms with Gasteiger partial charge >= 0.3 is 0 Å². The van der Waals surface area contributed by atoms with Crippen molar-refractivity contribution in [3.63, 3.8) is 0 Å². The van der Waals surface area contributed by atoms with Crippen molar-refractivity contribution in [2.75, 3.05) is 0 Å². The van der Waals surface area contributed by atoms with Crippen LogP contribution in [0, 0.1) is 16.2 Å². The van der Waals surface area contributed by atoms with Gasteiger partial charge in [-0.3, -0.25) is 0 Å². The highest BCUT2D eigenvalue weighted by atomic mass is 16.3. The summed E-state index contributed by atoms with van der Waals surface area (Å²) in [5.41, 5.74) is 1.85. The lowest BCUT2D eigenvalue weighted by Crippen LogP contribution is -2.41. The first kappa shape index (κ1) is 16.1. The van der Waals surface area contributed by atoms with Crippen LogP contribution in [-0.4, -0.2) is 5.11 Å². The van der Waals surface area contributed by atoms with Crippen molar-refractivity contribution < 1.29 is 5.11 Å². The molecule has 0 heterocycles. The summed E-state index contributed by atoms with van der Waals surface area (Å²) in [6.45, 7) is 18.6. The number of aromatic hydroxyl groups is 1. The number of rotatable bonds is 2. The van der Waals surface area contributed by atoms with Crippen LogP contribution in [-0.2, 0) is 0 Å². The Morgan fingerprint density at radius 1 is 0.789 bits per heavy atom. The molecule has 0 fully saturated rings. The van der Waals surface area contributed by atoms with Crippen LogP contribution >= 0.6 is 0 Å². The van der Waals surface area contributed by atoms with Gasteiger partial charge in [-0.05, 0) is 39.9 Å². The lowest BCUT2D eigenvalue weighted by Gasteiger charge is -2.51. The summed E-state index contributed by atoms with van der Waals surface area (Å²) in [5.74, 6) is 0.769. The quantitative estimate of drug-likeness (QED) is 0.736. The number of benzene rings is 1. The van der Waals surface area contributed by atoms with E-state index in [-0.39, 0.29) is 16.2 Å².